The highest BCUT2D eigenvalue weighted by atomic mass is 35.5. The standard InChI is InChI=1S/C18H23N5O3.ClH/c1-22-8-7-19-9-14(22)17-20-18(26-21-17)15-11-25-12-16(24)23(15)10-13-5-3-2-4-6-13;/h2-6,14-15,19H,7-12H2,1H3;1H/t14?,15-;/m1./s1. The molecule has 1 N–H and O–H groups in total. The number of benzene rings is 1. The normalized spacial score (nSPS) is 23.9. The average Bonchev–Trinajstić information content (AvgIpc) is 3.14. The van der Waals surface area contributed by atoms with Crippen LogP contribution in [0.3, 0.4) is 0 Å². The van der Waals surface area contributed by atoms with Gasteiger partial charge in [-0.15, -0.1) is 12.4 Å². The fourth-order valence-corrected chi connectivity index (χ4v) is 3.40. The molecule has 2 atom stereocenters. The summed E-state index contributed by atoms with van der Waals surface area (Å²) in [6.45, 7) is 3.60. The van der Waals surface area contributed by atoms with E-state index >= 15 is 0 Å². The van der Waals surface area contributed by atoms with Crippen LogP contribution < -0.4 is 5.32 Å². The number of aromatic nitrogens is 2. The Labute approximate surface area is 164 Å². The minimum absolute atomic E-state index is 0. The lowest BCUT2D eigenvalue weighted by Crippen LogP contribution is -2.44. The van der Waals surface area contributed by atoms with Crippen molar-refractivity contribution in [2.45, 2.75) is 18.6 Å². The molecule has 4 rings (SSSR count). The Morgan fingerprint density at radius 3 is 2.85 bits per heavy atom. The Morgan fingerprint density at radius 1 is 1.26 bits per heavy atom. The maximum Gasteiger partial charge on any atom is 0.251 e. The molecule has 8 nitrogen and oxygen atoms in total. The number of carbonyl (C=O) groups excluding carboxylic acids is 1. The van der Waals surface area contributed by atoms with E-state index in [4.69, 9.17) is 9.26 Å². The highest BCUT2D eigenvalue weighted by Crippen LogP contribution is 2.27. The van der Waals surface area contributed by atoms with Crippen LogP contribution in [-0.4, -0.2) is 65.7 Å². The lowest BCUT2D eigenvalue weighted by atomic mass is 10.1. The Kier molecular flexibility index (Phi) is 6.43. The quantitative estimate of drug-likeness (QED) is 0.834. The number of piperazine rings is 1. The van der Waals surface area contributed by atoms with Gasteiger partial charge in [0.25, 0.3) is 5.89 Å². The number of likely N-dealkylation sites (N-methyl/N-ethyl adjacent to an activating group) is 1. The summed E-state index contributed by atoms with van der Waals surface area (Å²) in [4.78, 5) is 21.0. The summed E-state index contributed by atoms with van der Waals surface area (Å²) in [5.74, 6) is 1.01. The first-order valence-corrected chi connectivity index (χ1v) is 8.88. The first-order chi connectivity index (χ1) is 12.7. The number of halogens is 1. The minimum atomic E-state index is -0.362. The molecule has 9 heteroatoms. The number of rotatable bonds is 4. The predicted molar refractivity (Wildman–Crippen MR) is 100 cm³/mol. The van der Waals surface area contributed by atoms with Crippen molar-refractivity contribution in [2.75, 3.05) is 39.9 Å². The van der Waals surface area contributed by atoms with Crippen molar-refractivity contribution in [1.82, 2.24) is 25.3 Å². The van der Waals surface area contributed by atoms with Crippen LogP contribution in [0.2, 0.25) is 0 Å². The molecular formula is C18H24ClN5O3. The Balaban J connectivity index is 0.00000210. The molecule has 2 aromatic rings. The molecule has 2 fully saturated rings. The fourth-order valence-electron chi connectivity index (χ4n) is 3.40. The summed E-state index contributed by atoms with van der Waals surface area (Å²) in [6.07, 6.45) is 0. The molecule has 0 bridgehead atoms. The van der Waals surface area contributed by atoms with Gasteiger partial charge in [-0.1, -0.05) is 35.5 Å². The average molecular weight is 394 g/mol. The molecule has 2 aliphatic rings. The SMILES string of the molecule is CN1CCNCC1c1noc([C@H]2COCC(=O)N2Cc2ccccc2)n1.Cl. The largest absolute Gasteiger partial charge is 0.369 e. The van der Waals surface area contributed by atoms with Crippen molar-refractivity contribution in [3.05, 3.63) is 47.6 Å². The van der Waals surface area contributed by atoms with E-state index in [0.717, 1.165) is 25.2 Å². The third-order valence-corrected chi connectivity index (χ3v) is 4.95. The van der Waals surface area contributed by atoms with Crippen molar-refractivity contribution in [3.63, 3.8) is 0 Å². The third-order valence-electron chi connectivity index (χ3n) is 4.95. The van der Waals surface area contributed by atoms with Crippen LogP contribution in [-0.2, 0) is 16.1 Å². The second-order valence-electron chi connectivity index (χ2n) is 6.73. The smallest absolute Gasteiger partial charge is 0.251 e. The first-order valence-electron chi connectivity index (χ1n) is 8.88. The van der Waals surface area contributed by atoms with Crippen LogP contribution in [0.15, 0.2) is 34.9 Å². The number of ether oxygens (including phenoxy) is 1. The van der Waals surface area contributed by atoms with Gasteiger partial charge in [0, 0.05) is 26.2 Å². The maximum absolute atomic E-state index is 12.4. The Morgan fingerprint density at radius 2 is 2.07 bits per heavy atom. The molecule has 0 radical (unpaired) electrons. The van der Waals surface area contributed by atoms with E-state index in [1.54, 1.807) is 4.90 Å². The van der Waals surface area contributed by atoms with Crippen molar-refractivity contribution >= 4 is 18.3 Å². The highest BCUT2D eigenvalue weighted by molar-refractivity contribution is 5.85. The molecule has 1 unspecified atom stereocenters. The summed E-state index contributed by atoms with van der Waals surface area (Å²) >= 11 is 0. The Bertz CT molecular complexity index is 756. The monoisotopic (exact) mass is 393 g/mol. The lowest BCUT2D eigenvalue weighted by molar-refractivity contribution is -0.150. The molecule has 2 saturated heterocycles. The molecule has 3 heterocycles. The van der Waals surface area contributed by atoms with Gasteiger partial charge in [-0.05, 0) is 12.6 Å². The zero-order valence-electron chi connectivity index (χ0n) is 15.2. The number of hydrogen-bond donors (Lipinski definition) is 1. The molecule has 1 amide bonds. The van der Waals surface area contributed by atoms with Crippen molar-refractivity contribution in [2.24, 2.45) is 0 Å². The predicted octanol–water partition coefficient (Wildman–Crippen LogP) is 1.17. The van der Waals surface area contributed by atoms with E-state index in [1.807, 2.05) is 30.3 Å². The van der Waals surface area contributed by atoms with Crippen LogP contribution >= 0.6 is 12.4 Å². The lowest BCUT2D eigenvalue weighted by Gasteiger charge is -2.33. The maximum atomic E-state index is 12.4. The number of nitrogens with one attached hydrogen (secondary N) is 1. The zero-order chi connectivity index (χ0) is 17.9. The topological polar surface area (TPSA) is 83.7 Å². The van der Waals surface area contributed by atoms with Gasteiger partial charge in [0.15, 0.2) is 5.82 Å². The Hall–Kier alpha value is -2.00. The summed E-state index contributed by atoms with van der Waals surface area (Å²) in [5.41, 5.74) is 1.06. The summed E-state index contributed by atoms with van der Waals surface area (Å²) in [6, 6.07) is 9.60. The van der Waals surface area contributed by atoms with Gasteiger partial charge in [0.2, 0.25) is 5.91 Å². The number of nitrogens with zero attached hydrogens (tertiary/aromatic N) is 4. The molecule has 0 spiro atoms. The summed E-state index contributed by atoms with van der Waals surface area (Å²) in [7, 11) is 2.05. The molecule has 146 valence electrons. The van der Waals surface area contributed by atoms with Crippen LogP contribution in [0, 0.1) is 0 Å². The van der Waals surface area contributed by atoms with Gasteiger partial charge in [-0.25, -0.2) is 0 Å². The van der Waals surface area contributed by atoms with Crippen LogP contribution in [0.25, 0.3) is 0 Å². The van der Waals surface area contributed by atoms with Gasteiger partial charge in [0.05, 0.1) is 12.6 Å². The van der Waals surface area contributed by atoms with Crippen LogP contribution in [0.4, 0.5) is 0 Å². The van der Waals surface area contributed by atoms with Crippen molar-refractivity contribution < 1.29 is 14.1 Å². The van der Waals surface area contributed by atoms with E-state index in [9.17, 15) is 4.79 Å². The number of amides is 1. The van der Waals surface area contributed by atoms with Crippen molar-refractivity contribution in [1.29, 1.82) is 0 Å². The molecular weight excluding hydrogens is 370 g/mol. The molecule has 1 aromatic carbocycles. The number of carbonyl (C=O) groups is 1. The van der Waals surface area contributed by atoms with E-state index in [1.165, 1.54) is 0 Å². The van der Waals surface area contributed by atoms with Gasteiger partial charge >= 0.3 is 0 Å². The van der Waals surface area contributed by atoms with Gasteiger partial charge < -0.3 is 19.5 Å². The van der Waals surface area contributed by atoms with E-state index in [2.05, 4.69) is 27.4 Å². The van der Waals surface area contributed by atoms with Crippen LogP contribution in [0.5, 0.6) is 0 Å². The zero-order valence-corrected chi connectivity index (χ0v) is 16.0. The van der Waals surface area contributed by atoms with Crippen LogP contribution in [0.1, 0.15) is 29.4 Å². The first kappa shape index (κ1) is 19.8. The van der Waals surface area contributed by atoms with E-state index in [0.29, 0.717) is 24.9 Å². The summed E-state index contributed by atoms with van der Waals surface area (Å²) < 4.78 is 11.0. The molecule has 0 saturated carbocycles. The molecule has 27 heavy (non-hydrogen) atoms. The molecule has 0 aliphatic carbocycles. The van der Waals surface area contributed by atoms with Gasteiger partial charge in [-0.3, -0.25) is 9.69 Å². The van der Waals surface area contributed by atoms with E-state index < -0.39 is 0 Å². The van der Waals surface area contributed by atoms with Crippen molar-refractivity contribution in [3.8, 4) is 0 Å². The second-order valence-corrected chi connectivity index (χ2v) is 6.73. The summed E-state index contributed by atoms with van der Waals surface area (Å²) in [5, 5.41) is 7.52. The van der Waals surface area contributed by atoms with E-state index in [-0.39, 0.29) is 37.0 Å². The number of hydrogen-bond acceptors (Lipinski definition) is 7. The van der Waals surface area contributed by atoms with Gasteiger partial charge in [0.1, 0.15) is 12.6 Å². The number of morpholine rings is 1. The fraction of sp³-hybridized carbons (Fsp3) is 0.500. The highest BCUT2D eigenvalue weighted by Gasteiger charge is 2.35. The molecule has 2 aliphatic heterocycles. The second kappa shape index (κ2) is 8.79. The molecule has 1 aromatic heterocycles. The van der Waals surface area contributed by atoms with Gasteiger partial charge in [-0.2, -0.15) is 4.98 Å². The third kappa shape index (κ3) is 4.30. The minimum Gasteiger partial charge on any atom is -0.369 e.